The number of nitriles is 1. The lowest BCUT2D eigenvalue weighted by molar-refractivity contribution is 0.0946. The molecule has 1 unspecified atom stereocenters. The summed E-state index contributed by atoms with van der Waals surface area (Å²) in [5, 5.41) is 22.2. The molecule has 1 atom stereocenters. The topological polar surface area (TPSA) is 107 Å². The summed E-state index contributed by atoms with van der Waals surface area (Å²) in [5.41, 5.74) is 1.43. The number of halogens is 3. The smallest absolute Gasteiger partial charge is 0.267 e. The zero-order valence-corrected chi connectivity index (χ0v) is 21.2. The van der Waals surface area contributed by atoms with E-state index in [-0.39, 0.29) is 39.2 Å². The number of rotatable bonds is 9. The van der Waals surface area contributed by atoms with E-state index in [0.717, 1.165) is 10.9 Å². The Balaban J connectivity index is 1.46. The lowest BCUT2D eigenvalue weighted by atomic mass is 10.2. The number of aromatic nitrogens is 1. The summed E-state index contributed by atoms with van der Waals surface area (Å²) < 4.78 is 26.5. The van der Waals surface area contributed by atoms with Crippen LogP contribution in [-0.2, 0) is 6.54 Å². The van der Waals surface area contributed by atoms with E-state index in [1.807, 2.05) is 6.07 Å². The van der Waals surface area contributed by atoms with Crippen LogP contribution in [0.15, 0.2) is 54.6 Å². The first-order valence-corrected chi connectivity index (χ1v) is 12.1. The molecule has 0 fully saturated rings. The van der Waals surface area contributed by atoms with Crippen LogP contribution in [0.3, 0.4) is 0 Å². The first-order valence-electron chi connectivity index (χ1n) is 11.3. The van der Waals surface area contributed by atoms with Gasteiger partial charge in [0.2, 0.25) is 0 Å². The minimum Gasteiger partial charge on any atom is -0.493 e. The number of aliphatic hydroxyl groups excluding tert-OH is 1. The van der Waals surface area contributed by atoms with Gasteiger partial charge in [-0.1, -0.05) is 29.3 Å². The average molecular weight is 542 g/mol. The molecule has 4 aromatic rings. The van der Waals surface area contributed by atoms with Crippen molar-refractivity contribution < 1.29 is 23.8 Å². The maximum absolute atomic E-state index is 15.2. The van der Waals surface area contributed by atoms with E-state index in [1.54, 1.807) is 31.2 Å². The van der Waals surface area contributed by atoms with Crippen molar-refractivity contribution in [3.63, 3.8) is 0 Å². The van der Waals surface area contributed by atoms with E-state index in [9.17, 15) is 9.90 Å². The number of hydrogen-bond donors (Lipinski definition) is 3. The van der Waals surface area contributed by atoms with Gasteiger partial charge in [-0.25, -0.2) is 4.39 Å². The minimum atomic E-state index is -0.748. The minimum absolute atomic E-state index is 0.0214. The number of nitrogens with one attached hydrogen (secondary N) is 2. The third kappa shape index (κ3) is 6.52. The Bertz CT molecular complexity index is 1500. The van der Waals surface area contributed by atoms with Gasteiger partial charge in [0, 0.05) is 34.5 Å². The van der Waals surface area contributed by atoms with E-state index in [0.29, 0.717) is 24.5 Å². The molecule has 1 aromatic heterocycles. The highest BCUT2D eigenvalue weighted by molar-refractivity contribution is 6.32. The molecule has 0 saturated heterocycles. The van der Waals surface area contributed by atoms with Crippen LogP contribution in [0.1, 0.15) is 35.0 Å². The number of hydrogen-bond acceptors (Lipinski definition) is 5. The molecule has 0 radical (unpaired) electrons. The van der Waals surface area contributed by atoms with Crippen LogP contribution >= 0.6 is 23.2 Å². The van der Waals surface area contributed by atoms with E-state index >= 15 is 4.39 Å². The molecule has 0 aliphatic rings. The number of aromatic amines is 1. The summed E-state index contributed by atoms with van der Waals surface area (Å²) in [6, 6.07) is 16.2. The molecule has 37 heavy (non-hydrogen) atoms. The normalized spacial score (nSPS) is 11.7. The predicted octanol–water partition coefficient (Wildman–Crippen LogP) is 6.36. The molecule has 190 valence electrons. The van der Waals surface area contributed by atoms with E-state index < -0.39 is 17.8 Å². The van der Waals surface area contributed by atoms with Gasteiger partial charge in [0.15, 0.2) is 11.6 Å². The maximum Gasteiger partial charge on any atom is 0.267 e. The highest BCUT2D eigenvalue weighted by atomic mass is 35.5. The average Bonchev–Trinajstić information content (AvgIpc) is 3.29. The van der Waals surface area contributed by atoms with Crippen LogP contribution in [0, 0.1) is 17.1 Å². The quantitative estimate of drug-likeness (QED) is 0.228. The fraction of sp³-hybridized carbons (Fsp3) is 0.185. The summed E-state index contributed by atoms with van der Waals surface area (Å²) in [5.74, 6) is -0.650. The van der Waals surface area contributed by atoms with Crippen LogP contribution in [0.5, 0.6) is 17.2 Å². The number of amides is 1. The molecule has 3 aromatic carbocycles. The molecule has 1 amide bonds. The number of aliphatic hydroxyl groups is 1. The SMILES string of the molecule is CC(O)CCOc1ccc2[nH]c(C(=O)NCc3ccc(Cl)c(Oc4cc(Cl)cc(C#N)c4)c3F)cc2c1. The molecule has 0 bridgehead atoms. The van der Waals surface area contributed by atoms with Gasteiger partial charge < -0.3 is 24.9 Å². The highest BCUT2D eigenvalue weighted by Crippen LogP contribution is 2.35. The lowest BCUT2D eigenvalue weighted by Crippen LogP contribution is -2.23. The van der Waals surface area contributed by atoms with Crippen molar-refractivity contribution in [1.29, 1.82) is 5.26 Å². The van der Waals surface area contributed by atoms with Gasteiger partial charge in [-0.05, 0) is 55.5 Å². The molecule has 0 spiro atoms. The summed E-state index contributed by atoms with van der Waals surface area (Å²) in [6.07, 6.45) is 0.0555. The largest absolute Gasteiger partial charge is 0.493 e. The van der Waals surface area contributed by atoms with Crippen molar-refractivity contribution >= 4 is 40.0 Å². The molecule has 1 heterocycles. The van der Waals surface area contributed by atoms with Gasteiger partial charge in [0.25, 0.3) is 5.91 Å². The third-order valence-corrected chi connectivity index (χ3v) is 5.95. The second-order valence-electron chi connectivity index (χ2n) is 8.34. The number of nitrogens with zero attached hydrogens (tertiary/aromatic N) is 1. The van der Waals surface area contributed by atoms with Crippen molar-refractivity contribution in [2.75, 3.05) is 6.61 Å². The zero-order chi connectivity index (χ0) is 26.5. The Morgan fingerprint density at radius 1 is 1.16 bits per heavy atom. The molecule has 0 saturated carbocycles. The highest BCUT2D eigenvalue weighted by Gasteiger charge is 2.17. The van der Waals surface area contributed by atoms with Gasteiger partial charge in [-0.2, -0.15) is 5.26 Å². The summed E-state index contributed by atoms with van der Waals surface area (Å²) >= 11 is 12.1. The van der Waals surface area contributed by atoms with Crippen LogP contribution < -0.4 is 14.8 Å². The molecule has 10 heteroatoms. The molecule has 0 aliphatic carbocycles. The number of carbonyl (C=O) groups excluding carboxylic acids is 1. The molecular weight excluding hydrogens is 520 g/mol. The number of carbonyl (C=O) groups is 1. The Kier molecular flexibility index (Phi) is 8.19. The van der Waals surface area contributed by atoms with Crippen LogP contribution in [-0.4, -0.2) is 28.7 Å². The standard InChI is InChI=1S/C27H22Cl2FN3O4/c1-15(34)6-7-36-20-3-5-23-18(10-20)11-24(33-23)27(35)32-14-17-2-4-22(29)26(25(17)30)37-21-9-16(13-31)8-19(28)12-21/h2-5,8-12,15,33-34H,6-7,14H2,1H3,(H,32,35). The monoisotopic (exact) mass is 541 g/mol. The fourth-order valence-electron chi connectivity index (χ4n) is 3.55. The number of H-pyrrole nitrogens is 1. The molecule has 4 rings (SSSR count). The number of fused-ring (bicyclic) bond motifs is 1. The second kappa shape index (κ2) is 11.5. The van der Waals surface area contributed by atoms with Crippen LogP contribution in [0.4, 0.5) is 4.39 Å². The van der Waals surface area contributed by atoms with Gasteiger partial charge >= 0.3 is 0 Å². The fourth-order valence-corrected chi connectivity index (χ4v) is 3.96. The van der Waals surface area contributed by atoms with Crippen molar-refractivity contribution in [3.05, 3.63) is 87.3 Å². The van der Waals surface area contributed by atoms with Crippen LogP contribution in [0.2, 0.25) is 10.0 Å². The molecule has 3 N–H and O–H groups in total. The second-order valence-corrected chi connectivity index (χ2v) is 9.18. The third-order valence-electron chi connectivity index (χ3n) is 5.43. The van der Waals surface area contributed by atoms with Gasteiger partial charge in [0.1, 0.15) is 17.2 Å². The maximum atomic E-state index is 15.2. The van der Waals surface area contributed by atoms with Crippen molar-refractivity contribution in [2.45, 2.75) is 26.0 Å². The number of ether oxygens (including phenoxy) is 2. The van der Waals surface area contributed by atoms with E-state index in [4.69, 9.17) is 37.9 Å². The molecular formula is C27H22Cl2FN3O4. The van der Waals surface area contributed by atoms with Crippen LogP contribution in [0.25, 0.3) is 10.9 Å². The van der Waals surface area contributed by atoms with Crippen molar-refractivity contribution in [2.24, 2.45) is 0 Å². The molecule has 7 nitrogen and oxygen atoms in total. The lowest BCUT2D eigenvalue weighted by Gasteiger charge is -2.13. The Morgan fingerprint density at radius 3 is 2.73 bits per heavy atom. The predicted molar refractivity (Wildman–Crippen MR) is 139 cm³/mol. The van der Waals surface area contributed by atoms with Gasteiger partial charge in [-0.3, -0.25) is 4.79 Å². The van der Waals surface area contributed by atoms with Crippen molar-refractivity contribution in [1.82, 2.24) is 10.3 Å². The van der Waals surface area contributed by atoms with Gasteiger partial charge in [-0.15, -0.1) is 0 Å². The zero-order valence-electron chi connectivity index (χ0n) is 19.6. The summed E-state index contributed by atoms with van der Waals surface area (Å²) in [4.78, 5) is 15.8. The Morgan fingerprint density at radius 2 is 1.97 bits per heavy atom. The van der Waals surface area contributed by atoms with E-state index in [1.165, 1.54) is 30.3 Å². The van der Waals surface area contributed by atoms with E-state index in [2.05, 4.69) is 10.3 Å². The molecule has 0 aliphatic heterocycles. The Hall–Kier alpha value is -3.77. The van der Waals surface area contributed by atoms with Crippen molar-refractivity contribution in [3.8, 4) is 23.3 Å². The first kappa shape index (κ1) is 26.3. The summed E-state index contributed by atoms with van der Waals surface area (Å²) in [6.45, 7) is 1.94. The first-order chi connectivity index (χ1) is 17.7. The number of benzene rings is 3. The summed E-state index contributed by atoms with van der Waals surface area (Å²) in [7, 11) is 0. The van der Waals surface area contributed by atoms with Gasteiger partial charge in [0.05, 0.1) is 29.4 Å². The Labute approximate surface area is 222 Å².